The second kappa shape index (κ2) is 9.82. The molecule has 0 saturated heterocycles. The molecule has 0 unspecified atom stereocenters. The van der Waals surface area contributed by atoms with Crippen molar-refractivity contribution >= 4 is 40.2 Å². The van der Waals surface area contributed by atoms with Crippen LogP contribution < -0.4 is 5.32 Å². The van der Waals surface area contributed by atoms with Gasteiger partial charge in [0.1, 0.15) is 16.4 Å². The number of carbonyl (C=O) groups excluding carboxylic acids is 3. The standard InChI is InChI=1S/C18H21N3O7S/c1-4-6-28-17(25)13-10(3)14(18(26)27-5-2)29-15(13)20-12(22)9-21-8-11(7-19-21)16(23)24/h7-8H,4-6,9H2,1-3H3,(H,20,22)(H,23,24). The predicted molar refractivity (Wildman–Crippen MR) is 103 cm³/mol. The number of anilines is 1. The van der Waals surface area contributed by atoms with Crippen LogP contribution in [0.15, 0.2) is 12.4 Å². The normalized spacial score (nSPS) is 10.4. The predicted octanol–water partition coefficient (Wildman–Crippen LogP) is 2.33. The van der Waals surface area contributed by atoms with Crippen LogP contribution in [-0.2, 0) is 20.8 Å². The Balaban J connectivity index is 2.27. The van der Waals surface area contributed by atoms with Crippen molar-refractivity contribution in [3.05, 3.63) is 34.0 Å². The maximum atomic E-state index is 12.5. The molecule has 0 atom stereocenters. The quantitative estimate of drug-likeness (QED) is 0.586. The zero-order valence-corrected chi connectivity index (χ0v) is 17.0. The van der Waals surface area contributed by atoms with Crippen molar-refractivity contribution in [1.82, 2.24) is 9.78 Å². The largest absolute Gasteiger partial charge is 0.478 e. The zero-order valence-electron chi connectivity index (χ0n) is 16.2. The van der Waals surface area contributed by atoms with Crippen molar-refractivity contribution in [3.8, 4) is 0 Å². The van der Waals surface area contributed by atoms with E-state index in [1.807, 2.05) is 6.92 Å². The van der Waals surface area contributed by atoms with Gasteiger partial charge in [0.05, 0.1) is 30.5 Å². The van der Waals surface area contributed by atoms with E-state index in [0.717, 1.165) is 22.2 Å². The highest BCUT2D eigenvalue weighted by Crippen LogP contribution is 2.34. The monoisotopic (exact) mass is 423 g/mol. The zero-order chi connectivity index (χ0) is 21.6. The summed E-state index contributed by atoms with van der Waals surface area (Å²) in [7, 11) is 0. The van der Waals surface area contributed by atoms with Crippen LogP contribution in [0.4, 0.5) is 5.00 Å². The summed E-state index contributed by atoms with van der Waals surface area (Å²) in [4.78, 5) is 48.1. The molecule has 2 N–H and O–H groups in total. The number of carboxylic acids is 1. The number of amides is 1. The van der Waals surface area contributed by atoms with Gasteiger partial charge in [-0.2, -0.15) is 5.10 Å². The maximum absolute atomic E-state index is 12.5. The van der Waals surface area contributed by atoms with Gasteiger partial charge < -0.3 is 19.9 Å². The summed E-state index contributed by atoms with van der Waals surface area (Å²) >= 11 is 0.914. The molecule has 0 spiro atoms. The molecule has 11 heteroatoms. The lowest BCUT2D eigenvalue weighted by molar-refractivity contribution is -0.116. The van der Waals surface area contributed by atoms with Crippen LogP contribution in [0.3, 0.4) is 0 Å². The van der Waals surface area contributed by atoms with E-state index in [0.29, 0.717) is 12.0 Å². The second-order valence-electron chi connectivity index (χ2n) is 5.90. The Bertz CT molecular complexity index is 932. The van der Waals surface area contributed by atoms with Crippen LogP contribution in [-0.4, -0.2) is 51.9 Å². The van der Waals surface area contributed by atoms with Crippen LogP contribution in [0.2, 0.25) is 0 Å². The summed E-state index contributed by atoms with van der Waals surface area (Å²) in [6.45, 7) is 5.17. The molecule has 1 amide bonds. The summed E-state index contributed by atoms with van der Waals surface area (Å²) in [6.07, 6.45) is 2.95. The molecule has 0 fully saturated rings. The van der Waals surface area contributed by atoms with Crippen LogP contribution in [0.5, 0.6) is 0 Å². The number of esters is 2. The SMILES string of the molecule is CCCOC(=O)c1c(NC(=O)Cn2cc(C(=O)O)cn2)sc(C(=O)OCC)c1C. The van der Waals surface area contributed by atoms with E-state index in [-0.39, 0.29) is 40.8 Å². The van der Waals surface area contributed by atoms with Crippen molar-refractivity contribution in [2.24, 2.45) is 0 Å². The number of nitrogens with zero attached hydrogens (tertiary/aromatic N) is 2. The minimum absolute atomic E-state index is 0.0572. The van der Waals surface area contributed by atoms with Gasteiger partial charge in [0.2, 0.25) is 5.91 Å². The molecule has 2 rings (SSSR count). The molecule has 29 heavy (non-hydrogen) atoms. The molecule has 2 aromatic heterocycles. The van der Waals surface area contributed by atoms with Crippen molar-refractivity contribution in [1.29, 1.82) is 0 Å². The topological polar surface area (TPSA) is 137 Å². The molecule has 0 aliphatic carbocycles. The van der Waals surface area contributed by atoms with Gasteiger partial charge in [0.25, 0.3) is 0 Å². The molecule has 2 aromatic rings. The Labute approximate surface area is 170 Å². The first-order chi connectivity index (χ1) is 13.8. The first-order valence-corrected chi connectivity index (χ1v) is 9.63. The van der Waals surface area contributed by atoms with Crippen molar-refractivity contribution < 1.29 is 33.8 Å². The van der Waals surface area contributed by atoms with Gasteiger partial charge in [0.15, 0.2) is 0 Å². The van der Waals surface area contributed by atoms with Crippen LogP contribution >= 0.6 is 11.3 Å². The van der Waals surface area contributed by atoms with Crippen molar-refractivity contribution in [2.75, 3.05) is 18.5 Å². The molecule has 10 nitrogen and oxygen atoms in total. The van der Waals surface area contributed by atoms with E-state index in [4.69, 9.17) is 14.6 Å². The highest BCUT2D eigenvalue weighted by molar-refractivity contribution is 7.18. The van der Waals surface area contributed by atoms with Gasteiger partial charge >= 0.3 is 17.9 Å². The number of thiophene rings is 1. The van der Waals surface area contributed by atoms with E-state index in [1.54, 1.807) is 13.8 Å². The summed E-state index contributed by atoms with van der Waals surface area (Å²) in [5, 5.41) is 15.5. The Morgan fingerprint density at radius 3 is 2.52 bits per heavy atom. The molecular weight excluding hydrogens is 402 g/mol. The number of nitrogens with one attached hydrogen (secondary N) is 1. The molecule has 2 heterocycles. The summed E-state index contributed by atoms with van der Waals surface area (Å²) in [6, 6.07) is 0. The van der Waals surface area contributed by atoms with Crippen LogP contribution in [0, 0.1) is 6.92 Å². The highest BCUT2D eigenvalue weighted by atomic mass is 32.1. The third-order valence-electron chi connectivity index (χ3n) is 3.69. The number of rotatable bonds is 9. The van der Waals surface area contributed by atoms with Crippen molar-refractivity contribution in [2.45, 2.75) is 33.7 Å². The number of ether oxygens (including phenoxy) is 2. The average Bonchev–Trinajstić information content (AvgIpc) is 3.24. The molecule has 156 valence electrons. The highest BCUT2D eigenvalue weighted by Gasteiger charge is 2.27. The lowest BCUT2D eigenvalue weighted by atomic mass is 10.1. The fraction of sp³-hybridized carbons (Fsp3) is 0.389. The summed E-state index contributed by atoms with van der Waals surface area (Å²) < 4.78 is 11.3. The van der Waals surface area contributed by atoms with Gasteiger partial charge in [-0.3, -0.25) is 9.48 Å². The Morgan fingerprint density at radius 2 is 1.93 bits per heavy atom. The van der Waals surface area contributed by atoms with Crippen molar-refractivity contribution in [3.63, 3.8) is 0 Å². The van der Waals surface area contributed by atoms with Gasteiger partial charge in [0, 0.05) is 6.20 Å². The van der Waals surface area contributed by atoms with Gasteiger partial charge in [-0.15, -0.1) is 11.3 Å². The molecule has 0 radical (unpaired) electrons. The number of carbonyl (C=O) groups is 4. The van der Waals surface area contributed by atoms with E-state index < -0.39 is 23.8 Å². The molecular formula is C18H21N3O7S. The Kier molecular flexibility index (Phi) is 7.48. The molecule has 0 aliphatic rings. The molecule has 0 bridgehead atoms. The van der Waals surface area contributed by atoms with Gasteiger partial charge in [-0.25, -0.2) is 14.4 Å². The fourth-order valence-corrected chi connectivity index (χ4v) is 3.48. The molecule has 0 aromatic carbocycles. The lowest BCUT2D eigenvalue weighted by Crippen LogP contribution is -2.20. The van der Waals surface area contributed by atoms with Gasteiger partial charge in [-0.05, 0) is 25.8 Å². The fourth-order valence-electron chi connectivity index (χ4n) is 2.38. The van der Waals surface area contributed by atoms with E-state index in [2.05, 4.69) is 10.4 Å². The molecule has 0 aliphatic heterocycles. The van der Waals surface area contributed by atoms with Crippen LogP contribution in [0.25, 0.3) is 0 Å². The number of aromatic nitrogens is 2. The smallest absolute Gasteiger partial charge is 0.348 e. The minimum atomic E-state index is -1.16. The maximum Gasteiger partial charge on any atom is 0.348 e. The van der Waals surface area contributed by atoms with E-state index in [9.17, 15) is 19.2 Å². The number of aromatic carboxylic acids is 1. The third-order valence-corrected chi connectivity index (χ3v) is 4.88. The van der Waals surface area contributed by atoms with E-state index in [1.165, 1.54) is 6.20 Å². The Morgan fingerprint density at radius 1 is 1.21 bits per heavy atom. The minimum Gasteiger partial charge on any atom is -0.478 e. The number of hydrogen-bond acceptors (Lipinski definition) is 8. The first kappa shape index (κ1) is 22.1. The summed E-state index contributed by atoms with van der Waals surface area (Å²) in [5.41, 5.74) is 0.391. The third kappa shape index (κ3) is 5.41. The second-order valence-corrected chi connectivity index (χ2v) is 6.92. The lowest BCUT2D eigenvalue weighted by Gasteiger charge is -2.08. The number of hydrogen-bond donors (Lipinski definition) is 2. The first-order valence-electron chi connectivity index (χ1n) is 8.81. The van der Waals surface area contributed by atoms with Gasteiger partial charge in [-0.1, -0.05) is 6.92 Å². The van der Waals surface area contributed by atoms with Crippen LogP contribution in [0.1, 0.15) is 56.2 Å². The van der Waals surface area contributed by atoms with E-state index >= 15 is 0 Å². The Hall–Kier alpha value is -3.21. The summed E-state index contributed by atoms with van der Waals surface area (Å²) in [5.74, 6) is -2.96. The average molecular weight is 423 g/mol. The molecule has 0 saturated carbocycles. The number of carboxylic acid groups (broad SMARTS) is 1.